The Morgan fingerprint density at radius 2 is 1.56 bits per heavy atom. The van der Waals surface area contributed by atoms with E-state index in [0.29, 0.717) is 0 Å². The molecule has 0 atom stereocenters. The van der Waals surface area contributed by atoms with Gasteiger partial charge in [0, 0.05) is 0 Å². The molecule has 0 bridgehead atoms. The summed E-state index contributed by atoms with van der Waals surface area (Å²) in [6.45, 7) is 2.38. The second kappa shape index (κ2) is 4.36. The van der Waals surface area contributed by atoms with Crippen molar-refractivity contribution in [2.24, 2.45) is 0 Å². The van der Waals surface area contributed by atoms with Crippen LogP contribution in [-0.4, -0.2) is 0 Å². The summed E-state index contributed by atoms with van der Waals surface area (Å²) in [6, 6.07) is 0. The quantitative estimate of drug-likeness (QED) is 0.558. The van der Waals surface area contributed by atoms with Crippen LogP contribution in [0.3, 0.4) is 0 Å². The van der Waals surface area contributed by atoms with Gasteiger partial charge in [0.15, 0.2) is 0 Å². The van der Waals surface area contributed by atoms with Crippen LogP contribution in [0.1, 0.15) is 32.6 Å². The third kappa shape index (κ3) is 2.74. The van der Waals surface area contributed by atoms with Crippen LogP contribution in [0.15, 0.2) is 0 Å². The Balaban J connectivity index is 2.18. The van der Waals surface area contributed by atoms with Gasteiger partial charge in [-0.3, -0.25) is 0 Å². The first kappa shape index (κ1) is 7.64. The number of hydrogen-bond acceptors (Lipinski definition) is 0. The van der Waals surface area contributed by atoms with Gasteiger partial charge >= 0.3 is 62.6 Å². The second-order valence-electron chi connectivity index (χ2n) is 2.72. The van der Waals surface area contributed by atoms with Gasteiger partial charge in [0.2, 0.25) is 0 Å². The van der Waals surface area contributed by atoms with Crippen molar-refractivity contribution in [3.05, 3.63) is 0 Å². The zero-order chi connectivity index (χ0) is 6.53. The summed E-state index contributed by atoms with van der Waals surface area (Å²) < 4.78 is 0. The first-order chi connectivity index (χ1) is 4.43. The molecule has 1 heteroatoms. The summed E-state index contributed by atoms with van der Waals surface area (Å²) in [5.41, 5.74) is 0. The predicted molar refractivity (Wildman–Crippen MR) is 38.6 cm³/mol. The van der Waals surface area contributed by atoms with Crippen molar-refractivity contribution in [1.82, 2.24) is 0 Å². The molecule has 55 valence electrons. The Kier molecular flexibility index (Phi) is 3.70. The van der Waals surface area contributed by atoms with Crippen molar-refractivity contribution in [2.75, 3.05) is 0 Å². The molecule has 0 radical (unpaired) electrons. The van der Waals surface area contributed by atoms with E-state index in [4.69, 9.17) is 0 Å². The third-order valence-corrected chi connectivity index (χ3v) is 6.00. The van der Waals surface area contributed by atoms with Gasteiger partial charge in [0.25, 0.3) is 0 Å². The minimum atomic E-state index is -0.0278. The summed E-state index contributed by atoms with van der Waals surface area (Å²) in [6.07, 6.45) is 6.16. The van der Waals surface area contributed by atoms with Crippen LogP contribution < -0.4 is 0 Å². The maximum absolute atomic E-state index is 2.38. The number of hydrogen-bond donors (Lipinski definition) is 0. The Bertz CT molecular complexity index is 63.0. The molecule has 0 N–H and O–H groups in total. The van der Waals surface area contributed by atoms with Crippen molar-refractivity contribution in [3.8, 4) is 0 Å². The summed E-state index contributed by atoms with van der Waals surface area (Å²) in [7, 11) is 0. The summed E-state index contributed by atoms with van der Waals surface area (Å²) in [5.74, 6) is 0. The van der Waals surface area contributed by atoms with Gasteiger partial charge in [-0.05, 0) is 0 Å². The van der Waals surface area contributed by atoms with Crippen LogP contribution in [0.25, 0.3) is 0 Å². The Hall–Kier alpha value is 0.532. The monoisotopic (exact) mass is 165 g/mol. The van der Waals surface area contributed by atoms with Gasteiger partial charge < -0.3 is 0 Å². The van der Waals surface area contributed by atoms with Gasteiger partial charge in [-0.15, -0.1) is 0 Å². The average Bonchev–Trinajstić information content (AvgIpc) is 2.13. The Morgan fingerprint density at radius 1 is 1.00 bits per heavy atom. The molecule has 1 saturated heterocycles. The van der Waals surface area contributed by atoms with Gasteiger partial charge in [0.1, 0.15) is 0 Å². The van der Waals surface area contributed by atoms with Gasteiger partial charge in [0.05, 0.1) is 0 Å². The predicted octanol–water partition coefficient (Wildman–Crippen LogP) is 3.45. The Labute approximate surface area is 63.0 Å². The normalized spacial score (nSPS) is 23.7. The summed E-state index contributed by atoms with van der Waals surface area (Å²) >= 11 is -0.0278. The topological polar surface area (TPSA) is 0 Å². The molecule has 1 heterocycles. The van der Waals surface area contributed by atoms with Crippen LogP contribution in [-0.2, 0) is 14.1 Å². The molecule has 1 rings (SSSR count). The standard InChI is InChI=1S/C6H12.C2H5.Cr/c1-3-5-6-4-2;1-2;/h1-6H2;1H2,2H3;. The molecule has 1 fully saturated rings. The van der Waals surface area contributed by atoms with Gasteiger partial charge in [-0.1, -0.05) is 0 Å². The molecular weight excluding hydrogens is 148 g/mol. The van der Waals surface area contributed by atoms with E-state index in [9.17, 15) is 0 Å². The zero-order valence-electron chi connectivity index (χ0n) is 6.36. The van der Waals surface area contributed by atoms with E-state index < -0.39 is 0 Å². The van der Waals surface area contributed by atoms with E-state index in [1.54, 1.807) is 28.7 Å². The molecule has 9 heavy (non-hydrogen) atoms. The van der Waals surface area contributed by atoms with Crippen LogP contribution >= 0.6 is 0 Å². The first-order valence-corrected chi connectivity index (χ1v) is 6.78. The van der Waals surface area contributed by atoms with E-state index in [1.165, 1.54) is 12.8 Å². The Morgan fingerprint density at radius 3 is 2.00 bits per heavy atom. The van der Waals surface area contributed by atoms with Crippen LogP contribution in [0, 0.1) is 0 Å². The molecule has 1 aliphatic heterocycles. The molecule has 0 spiro atoms. The summed E-state index contributed by atoms with van der Waals surface area (Å²) in [4.78, 5) is 0. The molecule has 0 nitrogen and oxygen atoms in total. The molecule has 0 aromatic heterocycles. The molecule has 0 aliphatic carbocycles. The zero-order valence-corrected chi connectivity index (χ0v) is 7.63. The minimum absolute atomic E-state index is 0.0278. The molecule has 0 aromatic carbocycles. The van der Waals surface area contributed by atoms with Crippen LogP contribution in [0.4, 0.5) is 0 Å². The number of rotatable bonds is 1. The molecule has 0 saturated carbocycles. The van der Waals surface area contributed by atoms with Crippen molar-refractivity contribution in [1.29, 1.82) is 0 Å². The van der Waals surface area contributed by atoms with Crippen LogP contribution in [0.5, 0.6) is 0 Å². The van der Waals surface area contributed by atoms with E-state index in [1.807, 2.05) is 0 Å². The first-order valence-electron chi connectivity index (χ1n) is 4.07. The molecular formula is C8H17Cr. The fourth-order valence-electron chi connectivity index (χ4n) is 1.36. The van der Waals surface area contributed by atoms with Gasteiger partial charge in [-0.25, -0.2) is 0 Å². The maximum atomic E-state index is 2.38. The molecule has 0 aromatic rings. The van der Waals surface area contributed by atoms with Gasteiger partial charge in [-0.2, -0.15) is 0 Å². The van der Waals surface area contributed by atoms with Crippen molar-refractivity contribution in [2.45, 2.75) is 48.5 Å². The van der Waals surface area contributed by atoms with Crippen molar-refractivity contribution in [3.63, 3.8) is 0 Å². The van der Waals surface area contributed by atoms with E-state index in [-0.39, 0.29) is 14.1 Å². The van der Waals surface area contributed by atoms with Crippen molar-refractivity contribution >= 4 is 0 Å². The SMILES string of the molecule is C[CH2][Cr]1[CH2]CCCC[CH2]1. The average molecular weight is 165 g/mol. The van der Waals surface area contributed by atoms with Crippen molar-refractivity contribution < 1.29 is 14.1 Å². The fraction of sp³-hybridized carbons (Fsp3) is 1.00. The van der Waals surface area contributed by atoms with E-state index in [2.05, 4.69) is 6.92 Å². The molecule has 0 unspecified atom stereocenters. The molecule has 0 amide bonds. The van der Waals surface area contributed by atoms with Crippen LogP contribution in [0.2, 0.25) is 15.8 Å². The molecule has 1 aliphatic rings. The summed E-state index contributed by atoms with van der Waals surface area (Å²) in [5, 5.41) is 4.81. The second-order valence-corrected chi connectivity index (χ2v) is 6.81. The van der Waals surface area contributed by atoms with E-state index >= 15 is 0 Å². The van der Waals surface area contributed by atoms with E-state index in [0.717, 1.165) is 0 Å². The fourth-order valence-corrected chi connectivity index (χ4v) is 4.49. The third-order valence-electron chi connectivity index (χ3n) is 2.02.